The maximum absolute atomic E-state index is 13.4. The first-order valence-corrected chi connectivity index (χ1v) is 13.2. The van der Waals surface area contributed by atoms with Gasteiger partial charge in [0.2, 0.25) is 0 Å². The van der Waals surface area contributed by atoms with E-state index in [1.807, 2.05) is 66.7 Å². The van der Waals surface area contributed by atoms with E-state index in [-0.39, 0.29) is 11.0 Å². The average molecular weight is 544 g/mol. The summed E-state index contributed by atoms with van der Waals surface area (Å²) in [5.74, 6) is 2.23. The quantitative estimate of drug-likeness (QED) is 0.245. The van der Waals surface area contributed by atoms with Gasteiger partial charge >= 0.3 is 0 Å². The van der Waals surface area contributed by atoms with Crippen LogP contribution >= 0.6 is 12.2 Å². The third-order valence-corrected chi connectivity index (χ3v) is 6.29. The molecule has 0 aliphatic carbocycles. The van der Waals surface area contributed by atoms with E-state index >= 15 is 0 Å². The molecule has 7 nitrogen and oxygen atoms in total. The highest BCUT2D eigenvalue weighted by Crippen LogP contribution is 2.28. The smallest absolute Gasteiger partial charge is 0.258 e. The minimum atomic E-state index is -0.300. The van der Waals surface area contributed by atoms with Gasteiger partial charge in [-0.25, -0.2) is 4.98 Å². The van der Waals surface area contributed by atoms with Gasteiger partial charge in [-0.05, 0) is 66.5 Å². The number of benzene rings is 3. The number of carbonyl (C=O) groups is 1. The Hall–Kier alpha value is -4.17. The molecule has 0 aliphatic rings. The molecule has 0 bridgehead atoms. The topological polar surface area (TPSA) is 81.7 Å². The summed E-state index contributed by atoms with van der Waals surface area (Å²) < 4.78 is 16.6. The lowest BCUT2D eigenvalue weighted by Crippen LogP contribution is -2.40. The lowest BCUT2D eigenvalue weighted by molar-refractivity contribution is 0.0978. The molecule has 0 radical (unpaired) electrons. The Kier molecular flexibility index (Phi) is 9.33. The maximum Gasteiger partial charge on any atom is 0.258 e. The van der Waals surface area contributed by atoms with Crippen molar-refractivity contribution in [2.24, 2.45) is 5.92 Å². The van der Waals surface area contributed by atoms with Crippen LogP contribution in [0.3, 0.4) is 0 Å². The van der Waals surface area contributed by atoms with Crippen molar-refractivity contribution in [3.63, 3.8) is 0 Å². The largest absolute Gasteiger partial charge is 0.493 e. The predicted octanol–water partition coefficient (Wildman–Crippen LogP) is 5.80. The molecule has 8 heteroatoms. The van der Waals surface area contributed by atoms with Crippen LogP contribution in [-0.4, -0.2) is 43.4 Å². The number of para-hydroxylation sites is 1. The minimum absolute atomic E-state index is 0.256. The molecule has 0 saturated carbocycles. The summed E-state index contributed by atoms with van der Waals surface area (Å²) in [6.45, 7) is 5.38. The molecule has 0 unspecified atom stereocenters. The fraction of sp³-hybridized carbons (Fsp3) is 0.258. The van der Waals surface area contributed by atoms with Gasteiger partial charge in [0.1, 0.15) is 5.75 Å². The highest BCUT2D eigenvalue weighted by molar-refractivity contribution is 7.80. The summed E-state index contributed by atoms with van der Waals surface area (Å²) in [4.78, 5) is 18.2. The molecule has 0 spiro atoms. The van der Waals surface area contributed by atoms with Gasteiger partial charge in [-0.15, -0.1) is 0 Å². The maximum atomic E-state index is 13.4. The Labute approximate surface area is 234 Å². The predicted molar refractivity (Wildman–Crippen MR) is 159 cm³/mol. The Morgan fingerprint density at radius 2 is 1.74 bits per heavy atom. The highest BCUT2D eigenvalue weighted by Gasteiger charge is 2.16. The van der Waals surface area contributed by atoms with Crippen LogP contribution in [0.25, 0.3) is 22.2 Å². The molecule has 1 aromatic heterocycles. The monoisotopic (exact) mass is 543 g/mol. The van der Waals surface area contributed by atoms with Crippen LogP contribution in [0, 0.1) is 5.92 Å². The molecule has 4 aromatic rings. The lowest BCUT2D eigenvalue weighted by atomic mass is 10.0. The molecule has 1 heterocycles. The zero-order chi connectivity index (χ0) is 27.8. The van der Waals surface area contributed by atoms with E-state index in [0.29, 0.717) is 48.2 Å². The van der Waals surface area contributed by atoms with Crippen LogP contribution in [0.2, 0.25) is 0 Å². The molecule has 0 aliphatic heterocycles. The molecular weight excluding hydrogens is 510 g/mol. The van der Waals surface area contributed by atoms with Gasteiger partial charge in [-0.2, -0.15) is 0 Å². The van der Waals surface area contributed by atoms with Crippen molar-refractivity contribution in [2.45, 2.75) is 20.3 Å². The normalized spacial score (nSPS) is 10.8. The van der Waals surface area contributed by atoms with Gasteiger partial charge in [0.15, 0.2) is 16.6 Å². The number of hydrogen-bond acceptors (Lipinski definition) is 6. The zero-order valence-corrected chi connectivity index (χ0v) is 23.4. The number of aromatic nitrogens is 1. The van der Waals surface area contributed by atoms with Crippen molar-refractivity contribution in [2.75, 3.05) is 27.4 Å². The molecule has 3 aromatic carbocycles. The summed E-state index contributed by atoms with van der Waals surface area (Å²) in [7, 11) is 3.21. The number of methoxy groups -OCH3 is 2. The van der Waals surface area contributed by atoms with Crippen LogP contribution in [0.15, 0.2) is 72.8 Å². The molecule has 202 valence electrons. The fourth-order valence-corrected chi connectivity index (χ4v) is 4.29. The molecule has 0 saturated heterocycles. The summed E-state index contributed by atoms with van der Waals surface area (Å²) in [5.41, 5.74) is 3.82. The molecule has 0 fully saturated rings. The van der Waals surface area contributed by atoms with Crippen LogP contribution in [0.5, 0.6) is 17.2 Å². The Balaban J connectivity index is 1.48. The third-order valence-electron chi connectivity index (χ3n) is 6.05. The van der Waals surface area contributed by atoms with Crippen LogP contribution in [0.1, 0.15) is 29.8 Å². The SMILES string of the molecule is COc1ccc(CCNC(=S)NC(=O)c2cc(-c3cccc(OCC(C)C)c3)nc3ccccc23)cc1OC. The fourth-order valence-electron chi connectivity index (χ4n) is 4.09. The van der Waals surface area contributed by atoms with Gasteiger partial charge < -0.3 is 19.5 Å². The standard InChI is InChI=1S/C31H33N3O4S/c1-20(2)19-38-23-9-7-8-22(17-23)27-18-25(24-10-5-6-11-26(24)33-27)30(35)34-31(39)32-15-14-21-12-13-28(36-3)29(16-21)37-4/h5-13,16-18,20H,14-15,19H2,1-4H3,(H2,32,34,35,39). The van der Waals surface area contributed by atoms with E-state index < -0.39 is 0 Å². The minimum Gasteiger partial charge on any atom is -0.493 e. The third kappa shape index (κ3) is 7.23. The van der Waals surface area contributed by atoms with Gasteiger partial charge in [0, 0.05) is 17.5 Å². The van der Waals surface area contributed by atoms with Crippen molar-refractivity contribution in [3.8, 4) is 28.5 Å². The molecular formula is C31H33N3O4S. The van der Waals surface area contributed by atoms with Crippen LogP contribution in [0.4, 0.5) is 0 Å². The van der Waals surface area contributed by atoms with Crippen molar-refractivity contribution in [1.29, 1.82) is 0 Å². The Morgan fingerprint density at radius 1 is 0.949 bits per heavy atom. The van der Waals surface area contributed by atoms with Crippen molar-refractivity contribution >= 4 is 34.1 Å². The number of ether oxygens (including phenoxy) is 3. The number of hydrogen-bond donors (Lipinski definition) is 2. The lowest BCUT2D eigenvalue weighted by Gasteiger charge is -2.14. The van der Waals surface area contributed by atoms with E-state index in [0.717, 1.165) is 27.8 Å². The average Bonchev–Trinajstić information content (AvgIpc) is 2.95. The highest BCUT2D eigenvalue weighted by atomic mass is 32.1. The van der Waals surface area contributed by atoms with Crippen LogP contribution in [-0.2, 0) is 6.42 Å². The van der Waals surface area contributed by atoms with E-state index in [4.69, 9.17) is 31.4 Å². The van der Waals surface area contributed by atoms with Crippen LogP contribution < -0.4 is 24.8 Å². The molecule has 0 atom stereocenters. The van der Waals surface area contributed by atoms with Crippen molar-refractivity contribution < 1.29 is 19.0 Å². The van der Waals surface area contributed by atoms with Gasteiger partial charge in [0.25, 0.3) is 5.91 Å². The first-order valence-electron chi connectivity index (χ1n) is 12.8. The number of pyridine rings is 1. The Morgan fingerprint density at radius 3 is 2.51 bits per heavy atom. The zero-order valence-electron chi connectivity index (χ0n) is 22.6. The van der Waals surface area contributed by atoms with E-state index in [9.17, 15) is 4.79 Å². The van der Waals surface area contributed by atoms with Crippen molar-refractivity contribution in [3.05, 3.63) is 83.9 Å². The van der Waals surface area contributed by atoms with E-state index in [1.54, 1.807) is 20.3 Å². The molecule has 4 rings (SSSR count). The summed E-state index contributed by atoms with van der Waals surface area (Å²) in [6.07, 6.45) is 0.688. The molecule has 2 N–H and O–H groups in total. The first-order chi connectivity index (χ1) is 18.9. The van der Waals surface area contributed by atoms with E-state index in [1.165, 1.54) is 0 Å². The number of fused-ring (bicyclic) bond motifs is 1. The number of carbonyl (C=O) groups excluding carboxylic acids is 1. The Bertz CT molecular complexity index is 1470. The summed E-state index contributed by atoms with van der Waals surface area (Å²) in [5, 5.41) is 6.95. The van der Waals surface area contributed by atoms with Gasteiger partial charge in [0.05, 0.1) is 37.6 Å². The van der Waals surface area contributed by atoms with Gasteiger partial charge in [-0.1, -0.05) is 50.2 Å². The second-order valence-electron chi connectivity index (χ2n) is 9.45. The molecule has 1 amide bonds. The molecule has 39 heavy (non-hydrogen) atoms. The second kappa shape index (κ2) is 13.1. The van der Waals surface area contributed by atoms with Gasteiger partial charge in [-0.3, -0.25) is 10.1 Å². The number of amides is 1. The summed E-state index contributed by atoms with van der Waals surface area (Å²) >= 11 is 5.43. The first kappa shape index (κ1) is 27.9. The number of thiocarbonyl (C=S) groups is 1. The van der Waals surface area contributed by atoms with E-state index in [2.05, 4.69) is 24.5 Å². The van der Waals surface area contributed by atoms with Crippen molar-refractivity contribution in [1.82, 2.24) is 15.6 Å². The number of nitrogens with one attached hydrogen (secondary N) is 2. The number of nitrogens with zero attached hydrogens (tertiary/aromatic N) is 1. The number of rotatable bonds is 10. The second-order valence-corrected chi connectivity index (χ2v) is 9.86. The summed E-state index contributed by atoms with van der Waals surface area (Å²) in [6, 6.07) is 22.9.